The Kier molecular flexibility index (Phi) is 6.65. The monoisotopic (exact) mass is 448 g/mol. The summed E-state index contributed by atoms with van der Waals surface area (Å²) in [5.41, 5.74) is 0.762. The largest absolute Gasteiger partial charge is 0.393 e. The molecule has 3 heteroatoms. The Bertz CT molecular complexity index is 670. The van der Waals surface area contributed by atoms with Crippen LogP contribution in [0.25, 0.3) is 0 Å². The van der Waals surface area contributed by atoms with E-state index in [0.29, 0.717) is 41.4 Å². The van der Waals surface area contributed by atoms with Crippen LogP contribution in [0.15, 0.2) is 0 Å². The van der Waals surface area contributed by atoms with Gasteiger partial charge in [0.25, 0.3) is 0 Å². The van der Waals surface area contributed by atoms with Gasteiger partial charge in [-0.1, -0.05) is 54.9 Å². The van der Waals surface area contributed by atoms with Crippen LogP contribution in [-0.4, -0.2) is 33.6 Å². The van der Waals surface area contributed by atoms with Crippen molar-refractivity contribution in [3.63, 3.8) is 0 Å². The average molecular weight is 449 g/mol. The Hall–Kier alpha value is -0.120. The second kappa shape index (κ2) is 8.52. The molecule has 32 heavy (non-hydrogen) atoms. The van der Waals surface area contributed by atoms with Crippen LogP contribution in [0, 0.1) is 57.7 Å². The molecule has 4 rings (SSSR count). The van der Waals surface area contributed by atoms with Crippen molar-refractivity contribution in [3.05, 3.63) is 0 Å². The average Bonchev–Trinajstić information content (AvgIpc) is 3.05. The summed E-state index contributed by atoms with van der Waals surface area (Å²) in [5, 5.41) is 32.1. The van der Waals surface area contributed by atoms with Gasteiger partial charge in [0, 0.05) is 0 Å². The van der Waals surface area contributed by atoms with E-state index in [1.165, 1.54) is 38.5 Å². The number of hydrogen-bond donors (Lipinski definition) is 3. The summed E-state index contributed by atoms with van der Waals surface area (Å²) in [6, 6.07) is 0. The zero-order chi connectivity index (χ0) is 23.6. The molecule has 186 valence electrons. The normalized spacial score (nSPS) is 50.8. The van der Waals surface area contributed by atoms with Gasteiger partial charge in [-0.3, -0.25) is 0 Å². The molecule has 3 nitrogen and oxygen atoms in total. The number of aliphatic hydroxyl groups excluding tert-OH is 3. The fraction of sp³-hybridized carbons (Fsp3) is 1.00. The Labute approximate surface area is 197 Å². The van der Waals surface area contributed by atoms with Crippen LogP contribution >= 0.6 is 0 Å². The molecule has 0 saturated heterocycles. The Morgan fingerprint density at radius 3 is 2.09 bits per heavy atom. The summed E-state index contributed by atoms with van der Waals surface area (Å²) in [4.78, 5) is 0. The topological polar surface area (TPSA) is 60.7 Å². The molecule has 0 spiro atoms. The summed E-state index contributed by atoms with van der Waals surface area (Å²) < 4.78 is 0. The van der Waals surface area contributed by atoms with Crippen LogP contribution in [0.1, 0.15) is 106 Å². The van der Waals surface area contributed by atoms with Crippen LogP contribution in [0.2, 0.25) is 0 Å². The van der Waals surface area contributed by atoms with Gasteiger partial charge in [0.1, 0.15) is 0 Å². The van der Waals surface area contributed by atoms with Gasteiger partial charge >= 0.3 is 0 Å². The van der Waals surface area contributed by atoms with E-state index < -0.39 is 12.2 Å². The first-order valence-electron chi connectivity index (χ1n) is 13.8. The SMILES string of the molecule is CC(CCC(C)C(C)(C)C)C1CCC2C3CC(O)C4CC(O)C(O)CC4(C)C3CCC12C. The molecular weight excluding hydrogens is 396 g/mol. The van der Waals surface area contributed by atoms with E-state index in [2.05, 4.69) is 48.5 Å². The smallest absolute Gasteiger partial charge is 0.0804 e. The summed E-state index contributed by atoms with van der Waals surface area (Å²) in [5.74, 6) is 4.36. The summed E-state index contributed by atoms with van der Waals surface area (Å²) in [7, 11) is 0. The molecule has 0 aromatic rings. The zero-order valence-corrected chi connectivity index (χ0v) is 22.0. The van der Waals surface area contributed by atoms with Crippen LogP contribution in [0.3, 0.4) is 0 Å². The van der Waals surface area contributed by atoms with E-state index in [0.717, 1.165) is 24.2 Å². The van der Waals surface area contributed by atoms with Crippen LogP contribution in [0.4, 0.5) is 0 Å². The van der Waals surface area contributed by atoms with E-state index in [4.69, 9.17) is 0 Å². The van der Waals surface area contributed by atoms with Crippen LogP contribution in [-0.2, 0) is 0 Å². The Morgan fingerprint density at radius 1 is 0.781 bits per heavy atom. The van der Waals surface area contributed by atoms with Crippen molar-refractivity contribution in [2.24, 2.45) is 57.7 Å². The maximum absolute atomic E-state index is 11.2. The highest BCUT2D eigenvalue weighted by molar-refractivity contribution is 5.12. The molecule has 0 bridgehead atoms. The summed E-state index contributed by atoms with van der Waals surface area (Å²) in [6.45, 7) is 17.0. The zero-order valence-electron chi connectivity index (χ0n) is 22.0. The lowest BCUT2D eigenvalue weighted by molar-refractivity contribution is -0.195. The molecule has 4 fully saturated rings. The molecule has 3 N–H and O–H groups in total. The molecule has 12 atom stereocenters. The third kappa shape index (κ3) is 4.01. The van der Waals surface area contributed by atoms with Gasteiger partial charge in [-0.2, -0.15) is 0 Å². The number of fused-ring (bicyclic) bond motifs is 5. The molecule has 4 saturated carbocycles. The van der Waals surface area contributed by atoms with Gasteiger partial charge in [0.05, 0.1) is 18.3 Å². The first kappa shape index (κ1) is 25.0. The molecule has 12 unspecified atom stereocenters. The minimum absolute atomic E-state index is 0.0336. The van der Waals surface area contributed by atoms with E-state index in [1.807, 2.05) is 0 Å². The van der Waals surface area contributed by atoms with Crippen LogP contribution < -0.4 is 0 Å². The van der Waals surface area contributed by atoms with Crippen molar-refractivity contribution >= 4 is 0 Å². The van der Waals surface area contributed by atoms with E-state index in [9.17, 15) is 15.3 Å². The second-order valence-electron chi connectivity index (χ2n) is 14.4. The van der Waals surface area contributed by atoms with Gasteiger partial charge in [-0.15, -0.1) is 0 Å². The first-order chi connectivity index (χ1) is 14.8. The van der Waals surface area contributed by atoms with Crippen molar-refractivity contribution in [2.45, 2.75) is 125 Å². The number of hydrogen-bond acceptors (Lipinski definition) is 3. The Balaban J connectivity index is 1.50. The molecule has 0 amide bonds. The highest BCUT2D eigenvalue weighted by Gasteiger charge is 2.63. The van der Waals surface area contributed by atoms with Gasteiger partial charge in [-0.25, -0.2) is 0 Å². The maximum Gasteiger partial charge on any atom is 0.0804 e. The minimum Gasteiger partial charge on any atom is -0.393 e. The lowest BCUT2D eigenvalue weighted by Crippen LogP contribution is -2.60. The van der Waals surface area contributed by atoms with E-state index in [-0.39, 0.29) is 17.4 Å². The van der Waals surface area contributed by atoms with Crippen molar-refractivity contribution in [1.82, 2.24) is 0 Å². The van der Waals surface area contributed by atoms with Crippen molar-refractivity contribution in [3.8, 4) is 0 Å². The first-order valence-corrected chi connectivity index (χ1v) is 13.8. The lowest BCUT2D eigenvalue weighted by Gasteiger charge is -2.62. The highest BCUT2D eigenvalue weighted by atomic mass is 16.3. The minimum atomic E-state index is -0.666. The fourth-order valence-electron chi connectivity index (χ4n) is 9.45. The standard InChI is InChI=1S/C29H52O3/c1-17(8-9-18(2)27(3,4)5)20-10-11-21-19-14-24(30)23-15-25(31)26(32)16-29(23,7)22(19)12-13-28(20,21)6/h17-26,30-32H,8-16H2,1-7H3. The van der Waals surface area contributed by atoms with Crippen LogP contribution in [0.5, 0.6) is 0 Å². The fourth-order valence-corrected chi connectivity index (χ4v) is 9.45. The summed E-state index contributed by atoms with van der Waals surface area (Å²) >= 11 is 0. The van der Waals surface area contributed by atoms with Gasteiger partial charge in [0.2, 0.25) is 0 Å². The van der Waals surface area contributed by atoms with E-state index >= 15 is 0 Å². The van der Waals surface area contributed by atoms with Crippen molar-refractivity contribution < 1.29 is 15.3 Å². The second-order valence-corrected chi connectivity index (χ2v) is 14.4. The van der Waals surface area contributed by atoms with Gasteiger partial charge in [-0.05, 0) is 109 Å². The predicted molar refractivity (Wildman–Crippen MR) is 131 cm³/mol. The quantitative estimate of drug-likeness (QED) is 0.491. The van der Waals surface area contributed by atoms with Crippen molar-refractivity contribution in [1.29, 1.82) is 0 Å². The molecule has 4 aliphatic carbocycles. The highest BCUT2D eigenvalue weighted by Crippen LogP contribution is 2.68. The third-order valence-corrected chi connectivity index (χ3v) is 12.0. The predicted octanol–water partition coefficient (Wildman–Crippen LogP) is 6.05. The Morgan fingerprint density at radius 2 is 1.44 bits per heavy atom. The third-order valence-electron chi connectivity index (χ3n) is 12.0. The molecular formula is C29H52O3. The molecule has 0 aromatic heterocycles. The van der Waals surface area contributed by atoms with Crippen molar-refractivity contribution in [2.75, 3.05) is 0 Å². The van der Waals surface area contributed by atoms with Gasteiger partial charge in [0.15, 0.2) is 0 Å². The van der Waals surface area contributed by atoms with E-state index in [1.54, 1.807) is 0 Å². The molecule has 0 aliphatic heterocycles. The maximum atomic E-state index is 11.2. The van der Waals surface area contributed by atoms with Gasteiger partial charge < -0.3 is 15.3 Å². The molecule has 0 heterocycles. The number of rotatable bonds is 4. The molecule has 0 aromatic carbocycles. The molecule has 0 radical (unpaired) electrons. The number of aliphatic hydroxyl groups is 3. The lowest BCUT2D eigenvalue weighted by atomic mass is 9.43. The summed E-state index contributed by atoms with van der Waals surface area (Å²) in [6.07, 6.45) is 8.40. The molecule has 4 aliphatic rings.